The number of carbonyl (C=O) groups excluding carboxylic acids is 1. The molecule has 0 aliphatic rings. The highest BCUT2D eigenvalue weighted by atomic mass is 35.5. The van der Waals surface area contributed by atoms with Gasteiger partial charge in [-0.05, 0) is 38.5 Å². The van der Waals surface area contributed by atoms with E-state index in [9.17, 15) is 9.59 Å². The normalized spacial score (nSPS) is 13.3. The van der Waals surface area contributed by atoms with Gasteiger partial charge >= 0.3 is 5.97 Å². The maximum Gasteiger partial charge on any atom is 0.339 e. The molecular weight excluding hydrogens is 294 g/mol. The van der Waals surface area contributed by atoms with Gasteiger partial charge in [0.05, 0.1) is 0 Å². The molecule has 0 bridgehead atoms. The summed E-state index contributed by atoms with van der Waals surface area (Å²) in [5.74, 6) is -1.33. The smallest absolute Gasteiger partial charge is 0.339 e. The number of hydrogen-bond acceptors (Lipinski definition) is 3. The molecule has 2 atom stereocenters. The average molecular weight is 314 g/mol. The van der Waals surface area contributed by atoms with Gasteiger partial charge in [0.2, 0.25) is 0 Å². The second-order valence-electron chi connectivity index (χ2n) is 4.90. The monoisotopic (exact) mass is 313 g/mol. The predicted molar refractivity (Wildman–Crippen MR) is 81.0 cm³/mol. The van der Waals surface area contributed by atoms with Gasteiger partial charge in [-0.15, -0.1) is 0 Å². The van der Waals surface area contributed by atoms with Crippen molar-refractivity contribution in [2.24, 2.45) is 0 Å². The molecule has 1 aromatic carbocycles. The number of carbonyl (C=O) groups is 2. The standard InChI is InChI=1S/C15H20ClNO4/c1-4-5-9(2)17-14(18)10(3)21-13-8-11(16)6-7-12(13)15(19)20/h6-10H,4-5H2,1-3H3,(H,17,18)(H,19,20). The molecule has 0 saturated carbocycles. The van der Waals surface area contributed by atoms with Gasteiger partial charge < -0.3 is 15.2 Å². The highest BCUT2D eigenvalue weighted by Gasteiger charge is 2.20. The van der Waals surface area contributed by atoms with Crippen molar-refractivity contribution >= 4 is 23.5 Å². The first kappa shape index (κ1) is 17.3. The molecule has 5 nitrogen and oxygen atoms in total. The summed E-state index contributed by atoms with van der Waals surface area (Å²) in [6, 6.07) is 4.26. The van der Waals surface area contributed by atoms with Gasteiger partial charge in [-0.3, -0.25) is 4.79 Å². The summed E-state index contributed by atoms with van der Waals surface area (Å²) in [6.07, 6.45) is 1.03. The van der Waals surface area contributed by atoms with Gasteiger partial charge in [-0.2, -0.15) is 0 Å². The minimum absolute atomic E-state index is 0.0272. The topological polar surface area (TPSA) is 75.6 Å². The number of benzene rings is 1. The summed E-state index contributed by atoms with van der Waals surface area (Å²) in [5.41, 5.74) is -0.0272. The molecule has 0 radical (unpaired) electrons. The Morgan fingerprint density at radius 3 is 2.62 bits per heavy atom. The summed E-state index contributed by atoms with van der Waals surface area (Å²) >= 11 is 5.84. The van der Waals surface area contributed by atoms with Crippen molar-refractivity contribution < 1.29 is 19.4 Å². The fourth-order valence-electron chi connectivity index (χ4n) is 1.88. The number of nitrogens with one attached hydrogen (secondary N) is 1. The Morgan fingerprint density at radius 2 is 2.05 bits per heavy atom. The van der Waals surface area contributed by atoms with Crippen molar-refractivity contribution in [2.45, 2.75) is 45.8 Å². The lowest BCUT2D eigenvalue weighted by atomic mass is 10.2. The quantitative estimate of drug-likeness (QED) is 0.811. The highest BCUT2D eigenvalue weighted by molar-refractivity contribution is 6.30. The van der Waals surface area contributed by atoms with Crippen LogP contribution in [-0.4, -0.2) is 29.1 Å². The van der Waals surface area contributed by atoms with E-state index < -0.39 is 12.1 Å². The zero-order chi connectivity index (χ0) is 16.0. The molecule has 0 aromatic heterocycles. The van der Waals surface area contributed by atoms with Crippen LogP contribution in [0, 0.1) is 0 Å². The molecule has 1 amide bonds. The van der Waals surface area contributed by atoms with E-state index in [1.54, 1.807) is 6.92 Å². The molecule has 0 fully saturated rings. The van der Waals surface area contributed by atoms with Crippen LogP contribution in [0.5, 0.6) is 5.75 Å². The fraction of sp³-hybridized carbons (Fsp3) is 0.467. The third-order valence-corrected chi connectivity index (χ3v) is 3.19. The number of hydrogen-bond donors (Lipinski definition) is 2. The zero-order valence-electron chi connectivity index (χ0n) is 12.4. The first-order valence-electron chi connectivity index (χ1n) is 6.85. The number of carboxylic acid groups (broad SMARTS) is 1. The molecule has 6 heteroatoms. The molecule has 1 rings (SSSR count). The third kappa shape index (κ3) is 5.27. The molecule has 2 N–H and O–H groups in total. The van der Waals surface area contributed by atoms with Gasteiger partial charge in [0.25, 0.3) is 5.91 Å². The van der Waals surface area contributed by atoms with Gasteiger partial charge in [0, 0.05) is 11.1 Å². The van der Waals surface area contributed by atoms with E-state index in [-0.39, 0.29) is 23.3 Å². The number of ether oxygens (including phenoxy) is 1. The Morgan fingerprint density at radius 1 is 1.38 bits per heavy atom. The second kappa shape index (κ2) is 7.88. The lowest BCUT2D eigenvalue weighted by Crippen LogP contribution is -2.41. The Balaban J connectivity index is 2.78. The summed E-state index contributed by atoms with van der Waals surface area (Å²) in [4.78, 5) is 23.1. The van der Waals surface area contributed by atoms with Crippen LogP contribution in [0.1, 0.15) is 44.0 Å². The molecule has 116 valence electrons. The largest absolute Gasteiger partial charge is 0.480 e. The van der Waals surface area contributed by atoms with Crippen molar-refractivity contribution in [3.63, 3.8) is 0 Å². The third-order valence-electron chi connectivity index (χ3n) is 2.96. The van der Waals surface area contributed by atoms with Crippen LogP contribution in [0.3, 0.4) is 0 Å². The number of aromatic carboxylic acids is 1. The van der Waals surface area contributed by atoms with Crippen LogP contribution in [0.4, 0.5) is 0 Å². The SMILES string of the molecule is CCCC(C)NC(=O)C(C)Oc1cc(Cl)ccc1C(=O)O. The minimum Gasteiger partial charge on any atom is -0.480 e. The Hall–Kier alpha value is -1.75. The van der Waals surface area contributed by atoms with Gasteiger partial charge in [-0.25, -0.2) is 4.79 Å². The molecule has 0 spiro atoms. The van der Waals surface area contributed by atoms with Gasteiger partial charge in [-0.1, -0.05) is 24.9 Å². The average Bonchev–Trinajstić information content (AvgIpc) is 2.38. The van der Waals surface area contributed by atoms with Crippen molar-refractivity contribution in [2.75, 3.05) is 0 Å². The number of amides is 1. The van der Waals surface area contributed by atoms with E-state index >= 15 is 0 Å². The molecule has 2 unspecified atom stereocenters. The van der Waals surface area contributed by atoms with Crippen molar-refractivity contribution in [1.29, 1.82) is 0 Å². The van der Waals surface area contributed by atoms with E-state index in [0.29, 0.717) is 5.02 Å². The second-order valence-corrected chi connectivity index (χ2v) is 5.34. The first-order valence-corrected chi connectivity index (χ1v) is 7.22. The number of carboxylic acids is 1. The van der Waals surface area contributed by atoms with Crippen molar-refractivity contribution in [3.8, 4) is 5.75 Å². The molecular formula is C15H20ClNO4. The molecule has 0 saturated heterocycles. The van der Waals surface area contributed by atoms with Crippen LogP contribution in [0.15, 0.2) is 18.2 Å². The van der Waals surface area contributed by atoms with E-state index in [4.69, 9.17) is 21.4 Å². The Labute approximate surface area is 129 Å². The molecule has 0 heterocycles. The minimum atomic E-state index is -1.13. The summed E-state index contributed by atoms with van der Waals surface area (Å²) in [7, 11) is 0. The predicted octanol–water partition coefficient (Wildman–Crippen LogP) is 3.11. The number of halogens is 1. The van der Waals surface area contributed by atoms with Crippen molar-refractivity contribution in [3.05, 3.63) is 28.8 Å². The van der Waals surface area contributed by atoms with Gasteiger partial charge in [0.15, 0.2) is 6.10 Å². The zero-order valence-corrected chi connectivity index (χ0v) is 13.1. The maximum absolute atomic E-state index is 12.0. The Kier molecular flexibility index (Phi) is 6.49. The summed E-state index contributed by atoms with van der Waals surface area (Å²) in [5, 5.41) is 12.3. The first-order chi connectivity index (χ1) is 9.85. The van der Waals surface area contributed by atoms with Crippen LogP contribution in [-0.2, 0) is 4.79 Å². The summed E-state index contributed by atoms with van der Waals surface area (Å²) < 4.78 is 5.45. The van der Waals surface area contributed by atoms with E-state index in [1.807, 2.05) is 13.8 Å². The molecule has 21 heavy (non-hydrogen) atoms. The lowest BCUT2D eigenvalue weighted by Gasteiger charge is -2.19. The molecule has 0 aliphatic carbocycles. The van der Waals surface area contributed by atoms with Crippen molar-refractivity contribution in [1.82, 2.24) is 5.32 Å². The van der Waals surface area contributed by atoms with Crippen LogP contribution < -0.4 is 10.1 Å². The number of rotatable bonds is 7. The van der Waals surface area contributed by atoms with Crippen LogP contribution in [0.25, 0.3) is 0 Å². The van der Waals surface area contributed by atoms with E-state index in [2.05, 4.69) is 5.32 Å². The highest BCUT2D eigenvalue weighted by Crippen LogP contribution is 2.24. The molecule has 0 aliphatic heterocycles. The Bertz CT molecular complexity index is 518. The lowest BCUT2D eigenvalue weighted by molar-refractivity contribution is -0.127. The van der Waals surface area contributed by atoms with E-state index in [1.165, 1.54) is 18.2 Å². The molecule has 1 aromatic rings. The summed E-state index contributed by atoms with van der Waals surface area (Å²) in [6.45, 7) is 5.52. The van der Waals surface area contributed by atoms with Gasteiger partial charge in [0.1, 0.15) is 11.3 Å². The van der Waals surface area contributed by atoms with Crippen LogP contribution >= 0.6 is 11.6 Å². The fourth-order valence-corrected chi connectivity index (χ4v) is 2.04. The van der Waals surface area contributed by atoms with E-state index in [0.717, 1.165) is 12.8 Å². The maximum atomic E-state index is 12.0. The van der Waals surface area contributed by atoms with Crippen LogP contribution in [0.2, 0.25) is 5.02 Å².